The van der Waals surface area contributed by atoms with Gasteiger partial charge in [-0.2, -0.15) is 0 Å². The van der Waals surface area contributed by atoms with E-state index in [1.807, 2.05) is 0 Å². The normalized spacial score (nSPS) is 13.1. The van der Waals surface area contributed by atoms with E-state index in [9.17, 15) is 0 Å². The average Bonchev–Trinajstić information content (AvgIpc) is 2.18. The molecule has 0 radical (unpaired) electrons. The van der Waals surface area contributed by atoms with E-state index in [-0.39, 0.29) is 0 Å². The van der Waals surface area contributed by atoms with Gasteiger partial charge in [0.05, 0.1) is 0 Å². The highest BCUT2D eigenvalue weighted by molar-refractivity contribution is 5.67. The molecular weight excluding hydrogens is 192 g/mol. The van der Waals surface area contributed by atoms with Gasteiger partial charge in [0, 0.05) is 0 Å². The quantitative estimate of drug-likeness (QED) is 0.662. The Morgan fingerprint density at radius 3 is 1.94 bits per heavy atom. The molecule has 0 spiro atoms. The van der Waals surface area contributed by atoms with Crippen LogP contribution < -0.4 is 0 Å². The highest BCUT2D eigenvalue weighted by atomic mass is 14.2. The third kappa shape index (κ3) is 1.55. The molecule has 0 heteroatoms. The molecule has 1 aliphatic rings. The van der Waals surface area contributed by atoms with Crippen LogP contribution in [0.15, 0.2) is 36.4 Å². The molecule has 0 unspecified atom stereocenters. The molecule has 0 bridgehead atoms. The van der Waals surface area contributed by atoms with Crippen LogP contribution in [-0.2, 0) is 12.8 Å². The van der Waals surface area contributed by atoms with Crippen LogP contribution in [0.1, 0.15) is 22.3 Å². The molecule has 0 saturated heterocycles. The number of aryl methyl sites for hydroxylation is 4. The average molecular weight is 208 g/mol. The van der Waals surface area contributed by atoms with Gasteiger partial charge in [-0.1, -0.05) is 47.5 Å². The summed E-state index contributed by atoms with van der Waals surface area (Å²) in [6.45, 7) is 4.33. The van der Waals surface area contributed by atoms with E-state index in [1.165, 1.54) is 46.2 Å². The highest BCUT2D eigenvalue weighted by Gasteiger charge is 2.13. The van der Waals surface area contributed by atoms with E-state index in [0.29, 0.717) is 0 Å². The summed E-state index contributed by atoms with van der Waals surface area (Å²) in [5, 5.41) is 0. The Morgan fingerprint density at radius 2 is 1.38 bits per heavy atom. The monoisotopic (exact) mass is 208 g/mol. The second-order valence-electron chi connectivity index (χ2n) is 4.86. The molecule has 2 aromatic carbocycles. The standard InChI is InChI=1S/C16H16/c1-11-7-12(2)9-16(8-11)15-6-4-13-3-5-14(13)10-15/h4,6-10H,3,5H2,1-2H3. The van der Waals surface area contributed by atoms with Crippen molar-refractivity contribution in [3.05, 3.63) is 58.7 Å². The molecule has 3 rings (SSSR count). The Kier molecular flexibility index (Phi) is 2.10. The van der Waals surface area contributed by atoms with Gasteiger partial charge in [0.1, 0.15) is 0 Å². The number of rotatable bonds is 1. The smallest absolute Gasteiger partial charge is 0.0179 e. The number of hydrogen-bond donors (Lipinski definition) is 0. The molecule has 2 aromatic rings. The van der Waals surface area contributed by atoms with Crippen molar-refractivity contribution in [2.75, 3.05) is 0 Å². The Labute approximate surface area is 96.9 Å². The van der Waals surface area contributed by atoms with Crippen LogP contribution in [0.5, 0.6) is 0 Å². The lowest BCUT2D eigenvalue weighted by Crippen LogP contribution is -2.07. The summed E-state index contributed by atoms with van der Waals surface area (Å²) >= 11 is 0. The molecule has 16 heavy (non-hydrogen) atoms. The van der Waals surface area contributed by atoms with E-state index in [1.54, 1.807) is 0 Å². The van der Waals surface area contributed by atoms with Gasteiger partial charge >= 0.3 is 0 Å². The maximum atomic E-state index is 2.35. The summed E-state index contributed by atoms with van der Waals surface area (Å²) in [7, 11) is 0. The Bertz CT molecular complexity index is 530. The predicted octanol–water partition coefficient (Wildman–Crippen LogP) is 4.07. The topological polar surface area (TPSA) is 0 Å². The van der Waals surface area contributed by atoms with Crippen LogP contribution >= 0.6 is 0 Å². The van der Waals surface area contributed by atoms with Crippen molar-refractivity contribution in [2.45, 2.75) is 26.7 Å². The van der Waals surface area contributed by atoms with Crippen molar-refractivity contribution < 1.29 is 0 Å². The zero-order valence-corrected chi connectivity index (χ0v) is 9.88. The van der Waals surface area contributed by atoms with E-state index < -0.39 is 0 Å². The summed E-state index contributed by atoms with van der Waals surface area (Å²) < 4.78 is 0. The van der Waals surface area contributed by atoms with Crippen molar-refractivity contribution in [3.63, 3.8) is 0 Å². The van der Waals surface area contributed by atoms with Crippen LogP contribution in [0.3, 0.4) is 0 Å². The zero-order valence-electron chi connectivity index (χ0n) is 9.88. The van der Waals surface area contributed by atoms with Gasteiger partial charge in [-0.3, -0.25) is 0 Å². The summed E-state index contributed by atoms with van der Waals surface area (Å²) in [6, 6.07) is 13.7. The molecule has 1 aliphatic carbocycles. The SMILES string of the molecule is Cc1cc(C)cc(-c2ccc3c(c2)CC3)c1. The lowest BCUT2D eigenvalue weighted by atomic mass is 9.86. The lowest BCUT2D eigenvalue weighted by molar-refractivity contribution is 0.840. The van der Waals surface area contributed by atoms with Gasteiger partial charge in [-0.15, -0.1) is 0 Å². The number of hydrogen-bond acceptors (Lipinski definition) is 0. The van der Waals surface area contributed by atoms with Crippen LogP contribution in [0.4, 0.5) is 0 Å². The molecule has 0 saturated carbocycles. The first-order chi connectivity index (χ1) is 7.72. The van der Waals surface area contributed by atoms with Gasteiger partial charge in [0.15, 0.2) is 0 Å². The zero-order chi connectivity index (χ0) is 11.1. The molecule has 0 fully saturated rings. The first kappa shape index (κ1) is 9.65. The van der Waals surface area contributed by atoms with Crippen LogP contribution in [-0.4, -0.2) is 0 Å². The molecule has 0 amide bonds. The largest absolute Gasteiger partial charge is 0.0581 e. The van der Waals surface area contributed by atoms with E-state index in [0.717, 1.165) is 0 Å². The molecule has 0 nitrogen and oxygen atoms in total. The molecule has 0 aromatic heterocycles. The summed E-state index contributed by atoms with van der Waals surface area (Å²) in [5.74, 6) is 0. The minimum atomic E-state index is 1.26. The fourth-order valence-electron chi connectivity index (χ4n) is 2.52. The second kappa shape index (κ2) is 3.48. The molecule has 0 heterocycles. The van der Waals surface area contributed by atoms with Gasteiger partial charge < -0.3 is 0 Å². The Morgan fingerprint density at radius 1 is 0.688 bits per heavy atom. The minimum Gasteiger partial charge on any atom is -0.0581 e. The fourth-order valence-corrected chi connectivity index (χ4v) is 2.52. The Balaban J connectivity index is 2.10. The summed E-state index contributed by atoms with van der Waals surface area (Å²) in [5.41, 5.74) is 8.48. The van der Waals surface area contributed by atoms with E-state index >= 15 is 0 Å². The molecule has 0 atom stereocenters. The summed E-state index contributed by atoms with van der Waals surface area (Å²) in [4.78, 5) is 0. The van der Waals surface area contributed by atoms with Gasteiger partial charge in [0.25, 0.3) is 0 Å². The van der Waals surface area contributed by atoms with Crippen molar-refractivity contribution in [1.29, 1.82) is 0 Å². The maximum absolute atomic E-state index is 2.35. The summed E-state index contributed by atoms with van der Waals surface area (Å²) in [6.07, 6.45) is 2.52. The van der Waals surface area contributed by atoms with Crippen molar-refractivity contribution in [3.8, 4) is 11.1 Å². The number of fused-ring (bicyclic) bond motifs is 1. The molecule has 80 valence electrons. The fraction of sp³-hybridized carbons (Fsp3) is 0.250. The first-order valence-electron chi connectivity index (χ1n) is 5.93. The lowest BCUT2D eigenvalue weighted by Gasteiger charge is -2.19. The molecular formula is C16H16. The highest BCUT2D eigenvalue weighted by Crippen LogP contribution is 2.29. The van der Waals surface area contributed by atoms with Crippen LogP contribution in [0.2, 0.25) is 0 Å². The third-order valence-corrected chi connectivity index (χ3v) is 3.42. The number of benzene rings is 2. The van der Waals surface area contributed by atoms with Gasteiger partial charge in [0.2, 0.25) is 0 Å². The predicted molar refractivity (Wildman–Crippen MR) is 68.8 cm³/mol. The first-order valence-corrected chi connectivity index (χ1v) is 5.93. The van der Waals surface area contributed by atoms with Crippen molar-refractivity contribution >= 4 is 0 Å². The second-order valence-corrected chi connectivity index (χ2v) is 4.86. The minimum absolute atomic E-state index is 1.26. The third-order valence-electron chi connectivity index (χ3n) is 3.42. The van der Waals surface area contributed by atoms with Crippen LogP contribution in [0.25, 0.3) is 11.1 Å². The van der Waals surface area contributed by atoms with Crippen molar-refractivity contribution in [1.82, 2.24) is 0 Å². The molecule has 0 aliphatic heterocycles. The molecule has 0 N–H and O–H groups in total. The van der Waals surface area contributed by atoms with E-state index in [4.69, 9.17) is 0 Å². The van der Waals surface area contributed by atoms with Gasteiger partial charge in [-0.25, -0.2) is 0 Å². The van der Waals surface area contributed by atoms with Crippen LogP contribution in [0, 0.1) is 13.8 Å². The maximum Gasteiger partial charge on any atom is -0.0179 e. The van der Waals surface area contributed by atoms with Crippen molar-refractivity contribution in [2.24, 2.45) is 0 Å². The van der Waals surface area contributed by atoms with E-state index in [2.05, 4.69) is 50.2 Å². The Hall–Kier alpha value is -1.56. The van der Waals surface area contributed by atoms with Gasteiger partial charge in [-0.05, 0) is 48.9 Å².